The third-order valence-electron chi connectivity index (χ3n) is 2.05. The number of nitrogens with zero attached hydrogens (tertiary/aromatic N) is 1. The molecule has 0 radical (unpaired) electrons. The van der Waals surface area contributed by atoms with Crippen molar-refractivity contribution < 1.29 is 35.1 Å². The summed E-state index contributed by atoms with van der Waals surface area (Å²) in [6.45, 7) is -0.671. The van der Waals surface area contributed by atoms with Gasteiger partial charge in [-0.15, -0.1) is 13.2 Å². The second-order valence-electron chi connectivity index (χ2n) is 3.41. The first-order valence-electron chi connectivity index (χ1n) is 4.76. The lowest BCUT2D eigenvalue weighted by Gasteiger charge is -2.17. The van der Waals surface area contributed by atoms with Crippen LogP contribution in [0.4, 0.5) is 22.0 Å². The number of primary sulfonamides is 1. The highest BCUT2D eigenvalue weighted by Crippen LogP contribution is 2.38. The smallest absolute Gasteiger partial charge is 0.403 e. The highest BCUT2D eigenvalue weighted by molar-refractivity contribution is 7.89. The topological polar surface area (TPSA) is 108 Å². The molecule has 20 heavy (non-hydrogen) atoms. The standard InChI is InChI=1S/C8H8F5N3O3S/c9-7(10)5-4(20(15,17)18)2-16-3(1-14)6(5)19-8(11,12)13/h2,7H,1,14H2,(H2,15,17,18). The summed E-state index contributed by atoms with van der Waals surface area (Å²) in [6, 6.07) is 0. The lowest BCUT2D eigenvalue weighted by Crippen LogP contribution is -2.23. The van der Waals surface area contributed by atoms with Crippen molar-refractivity contribution in [1.82, 2.24) is 4.98 Å². The van der Waals surface area contributed by atoms with Crippen molar-refractivity contribution >= 4 is 10.0 Å². The van der Waals surface area contributed by atoms with Crippen LogP contribution in [-0.4, -0.2) is 19.8 Å². The Balaban J connectivity index is 3.67. The molecule has 0 aromatic carbocycles. The fraction of sp³-hybridized carbons (Fsp3) is 0.375. The van der Waals surface area contributed by atoms with Gasteiger partial charge in [-0.1, -0.05) is 0 Å². The predicted molar refractivity (Wildman–Crippen MR) is 55.1 cm³/mol. The van der Waals surface area contributed by atoms with Crippen LogP contribution < -0.4 is 15.6 Å². The van der Waals surface area contributed by atoms with Crippen LogP contribution >= 0.6 is 0 Å². The molecule has 0 aliphatic heterocycles. The second kappa shape index (κ2) is 5.46. The number of hydrogen-bond acceptors (Lipinski definition) is 5. The van der Waals surface area contributed by atoms with E-state index in [-0.39, 0.29) is 0 Å². The number of nitrogens with two attached hydrogens (primary N) is 2. The quantitative estimate of drug-likeness (QED) is 0.805. The minimum Gasteiger partial charge on any atom is -0.403 e. The summed E-state index contributed by atoms with van der Waals surface area (Å²) in [6.07, 6.45) is -8.51. The molecule has 0 atom stereocenters. The Bertz CT molecular complexity index is 602. The zero-order valence-corrected chi connectivity index (χ0v) is 10.3. The van der Waals surface area contributed by atoms with E-state index in [4.69, 9.17) is 5.73 Å². The number of ether oxygens (including phenoxy) is 1. The first-order chi connectivity index (χ1) is 8.97. The van der Waals surface area contributed by atoms with Crippen LogP contribution in [0.3, 0.4) is 0 Å². The molecule has 0 spiro atoms. The summed E-state index contributed by atoms with van der Waals surface area (Å²) in [5.74, 6) is -1.46. The molecule has 0 aliphatic carbocycles. The summed E-state index contributed by atoms with van der Waals surface area (Å²) in [4.78, 5) is 1.99. The van der Waals surface area contributed by atoms with Gasteiger partial charge in [-0.25, -0.2) is 22.3 Å². The molecule has 0 amide bonds. The van der Waals surface area contributed by atoms with Gasteiger partial charge in [0.15, 0.2) is 5.75 Å². The molecule has 0 unspecified atom stereocenters. The molecule has 0 saturated heterocycles. The van der Waals surface area contributed by atoms with Crippen LogP contribution in [0.25, 0.3) is 0 Å². The van der Waals surface area contributed by atoms with E-state index in [1.54, 1.807) is 0 Å². The van der Waals surface area contributed by atoms with Gasteiger partial charge in [0.25, 0.3) is 6.43 Å². The van der Waals surface area contributed by atoms with Crippen LogP contribution in [0.1, 0.15) is 17.7 Å². The van der Waals surface area contributed by atoms with E-state index in [1.807, 2.05) is 0 Å². The molecule has 1 aromatic rings. The zero-order valence-electron chi connectivity index (χ0n) is 9.49. The highest BCUT2D eigenvalue weighted by atomic mass is 32.2. The zero-order chi connectivity index (χ0) is 15.7. The van der Waals surface area contributed by atoms with Gasteiger partial charge < -0.3 is 10.5 Å². The fourth-order valence-corrected chi connectivity index (χ4v) is 2.03. The average molecular weight is 321 g/mol. The number of sulfonamides is 1. The molecule has 12 heteroatoms. The average Bonchev–Trinajstić information content (AvgIpc) is 2.24. The number of aromatic nitrogens is 1. The van der Waals surface area contributed by atoms with Crippen LogP contribution in [0.2, 0.25) is 0 Å². The maximum Gasteiger partial charge on any atom is 0.573 e. The Hall–Kier alpha value is -1.53. The van der Waals surface area contributed by atoms with E-state index in [9.17, 15) is 30.4 Å². The molecule has 6 nitrogen and oxygen atoms in total. The molecule has 0 fully saturated rings. The van der Waals surface area contributed by atoms with Gasteiger partial charge in [0.05, 0.1) is 11.3 Å². The minimum absolute atomic E-state index is 0.405. The Kier molecular flexibility index (Phi) is 4.51. The lowest BCUT2D eigenvalue weighted by atomic mass is 10.2. The third kappa shape index (κ3) is 3.74. The lowest BCUT2D eigenvalue weighted by molar-refractivity contribution is -0.275. The molecule has 4 N–H and O–H groups in total. The number of rotatable bonds is 4. The summed E-state index contributed by atoms with van der Waals surface area (Å²) >= 11 is 0. The molecule has 1 aromatic heterocycles. The van der Waals surface area contributed by atoms with Crippen LogP contribution in [0.15, 0.2) is 11.1 Å². The molecule has 1 heterocycles. The van der Waals surface area contributed by atoms with Gasteiger partial charge in [0.2, 0.25) is 10.0 Å². The first kappa shape index (κ1) is 16.5. The van der Waals surface area contributed by atoms with E-state index in [0.29, 0.717) is 6.20 Å². The SMILES string of the molecule is NCc1ncc(S(N)(=O)=O)c(C(F)F)c1OC(F)(F)F. The van der Waals surface area contributed by atoms with Gasteiger partial charge in [-0.3, -0.25) is 4.98 Å². The monoisotopic (exact) mass is 321 g/mol. The summed E-state index contributed by atoms with van der Waals surface area (Å²) < 4.78 is 88.0. The molecular weight excluding hydrogens is 313 g/mol. The van der Waals surface area contributed by atoms with Crippen molar-refractivity contribution in [3.8, 4) is 5.75 Å². The Morgan fingerprint density at radius 1 is 1.35 bits per heavy atom. The number of alkyl halides is 5. The predicted octanol–water partition coefficient (Wildman–Crippen LogP) is 1.02. The van der Waals surface area contributed by atoms with E-state index in [2.05, 4.69) is 14.9 Å². The largest absolute Gasteiger partial charge is 0.573 e. The van der Waals surface area contributed by atoms with Gasteiger partial charge in [0, 0.05) is 12.7 Å². The van der Waals surface area contributed by atoms with Crippen LogP contribution in [0, 0.1) is 0 Å². The van der Waals surface area contributed by atoms with E-state index in [0.717, 1.165) is 0 Å². The van der Waals surface area contributed by atoms with Gasteiger partial charge in [-0.2, -0.15) is 0 Å². The van der Waals surface area contributed by atoms with Crippen molar-refractivity contribution in [2.75, 3.05) is 0 Å². The van der Waals surface area contributed by atoms with Crippen molar-refractivity contribution in [2.45, 2.75) is 24.2 Å². The number of pyridine rings is 1. The third-order valence-corrected chi connectivity index (χ3v) is 2.98. The fourth-order valence-electron chi connectivity index (χ4n) is 1.34. The maximum atomic E-state index is 12.9. The van der Waals surface area contributed by atoms with Crippen molar-refractivity contribution in [2.24, 2.45) is 10.9 Å². The van der Waals surface area contributed by atoms with Gasteiger partial charge >= 0.3 is 6.36 Å². The van der Waals surface area contributed by atoms with Crippen molar-refractivity contribution in [1.29, 1.82) is 0 Å². The summed E-state index contributed by atoms with van der Waals surface area (Å²) in [7, 11) is -4.71. The molecule has 1 rings (SSSR count). The number of halogens is 5. The summed E-state index contributed by atoms with van der Waals surface area (Å²) in [5.41, 5.74) is 2.86. The van der Waals surface area contributed by atoms with Gasteiger partial charge in [-0.05, 0) is 0 Å². The van der Waals surface area contributed by atoms with Crippen molar-refractivity contribution in [3.05, 3.63) is 17.5 Å². The molecular formula is C8H8F5N3O3S. The molecule has 0 aliphatic rings. The second-order valence-corrected chi connectivity index (χ2v) is 4.94. The van der Waals surface area contributed by atoms with E-state index < -0.39 is 51.3 Å². The molecule has 0 bridgehead atoms. The van der Waals surface area contributed by atoms with Gasteiger partial charge in [0.1, 0.15) is 4.90 Å². The maximum absolute atomic E-state index is 12.9. The minimum atomic E-state index is -5.33. The Morgan fingerprint density at radius 2 is 1.90 bits per heavy atom. The molecule has 114 valence electrons. The summed E-state index contributed by atoms with van der Waals surface area (Å²) in [5, 5.41) is 4.65. The van der Waals surface area contributed by atoms with E-state index in [1.165, 1.54) is 0 Å². The number of hydrogen-bond donors (Lipinski definition) is 2. The Morgan fingerprint density at radius 3 is 2.25 bits per heavy atom. The van der Waals surface area contributed by atoms with Crippen molar-refractivity contribution in [3.63, 3.8) is 0 Å². The van der Waals surface area contributed by atoms with E-state index >= 15 is 0 Å². The highest BCUT2D eigenvalue weighted by Gasteiger charge is 2.37. The Labute approximate surface area is 109 Å². The first-order valence-corrected chi connectivity index (χ1v) is 6.30. The normalized spacial score (nSPS) is 12.8. The molecule has 0 saturated carbocycles. The van der Waals surface area contributed by atoms with Crippen LogP contribution in [-0.2, 0) is 16.6 Å². The van der Waals surface area contributed by atoms with Crippen LogP contribution in [0.5, 0.6) is 5.75 Å².